The molecule has 0 aromatic carbocycles. The second kappa shape index (κ2) is 7.08. The van der Waals surface area contributed by atoms with Crippen LogP contribution in [0.3, 0.4) is 0 Å². The van der Waals surface area contributed by atoms with Crippen molar-refractivity contribution >= 4 is 5.91 Å². The highest BCUT2D eigenvalue weighted by Gasteiger charge is 2.48. The lowest BCUT2D eigenvalue weighted by molar-refractivity contribution is -0.168. The summed E-state index contributed by atoms with van der Waals surface area (Å²) in [6, 6.07) is 0. The standard InChI is InChI=1S/C18H31NO4/c1-13(2)23-18(8-10-22-12-18)17(21)19-9-7-16(20)15(11-19)14-5-3-4-6-14/h13-16,20H,3-12H2,1-2H3/t15-,16+,18?/m0/s1. The molecular weight excluding hydrogens is 294 g/mol. The Kier molecular flexibility index (Phi) is 5.29. The fourth-order valence-electron chi connectivity index (χ4n) is 4.60. The van der Waals surface area contributed by atoms with Crippen LogP contribution >= 0.6 is 0 Å². The van der Waals surface area contributed by atoms with E-state index in [4.69, 9.17) is 9.47 Å². The number of amides is 1. The first-order valence-corrected chi connectivity index (χ1v) is 9.25. The van der Waals surface area contributed by atoms with Gasteiger partial charge in [0.1, 0.15) is 0 Å². The zero-order chi connectivity index (χ0) is 16.4. The van der Waals surface area contributed by atoms with Gasteiger partial charge in [-0.15, -0.1) is 0 Å². The Balaban J connectivity index is 1.70. The van der Waals surface area contributed by atoms with Crippen molar-refractivity contribution in [3.05, 3.63) is 0 Å². The van der Waals surface area contributed by atoms with Crippen LogP contribution in [0.25, 0.3) is 0 Å². The fourth-order valence-corrected chi connectivity index (χ4v) is 4.60. The third kappa shape index (κ3) is 3.57. The van der Waals surface area contributed by atoms with Crippen molar-refractivity contribution in [2.75, 3.05) is 26.3 Å². The molecule has 0 aromatic heterocycles. The smallest absolute Gasteiger partial charge is 0.257 e. The molecule has 0 spiro atoms. The molecule has 1 saturated carbocycles. The second-order valence-corrected chi connectivity index (χ2v) is 7.78. The van der Waals surface area contributed by atoms with Crippen LogP contribution in [0.15, 0.2) is 0 Å². The topological polar surface area (TPSA) is 59.0 Å². The number of carbonyl (C=O) groups is 1. The van der Waals surface area contributed by atoms with E-state index in [9.17, 15) is 9.90 Å². The minimum absolute atomic E-state index is 0.00154. The van der Waals surface area contributed by atoms with E-state index in [-0.39, 0.29) is 24.0 Å². The normalized spacial score (nSPS) is 36.1. The van der Waals surface area contributed by atoms with Gasteiger partial charge in [0.2, 0.25) is 0 Å². The third-order valence-corrected chi connectivity index (χ3v) is 5.75. The zero-order valence-electron chi connectivity index (χ0n) is 14.5. The van der Waals surface area contributed by atoms with Crippen molar-refractivity contribution in [2.45, 2.75) is 70.2 Å². The number of piperidine rings is 1. The molecule has 132 valence electrons. The number of rotatable bonds is 4. The summed E-state index contributed by atoms with van der Waals surface area (Å²) < 4.78 is 11.5. The molecule has 3 rings (SSSR count). The minimum atomic E-state index is -0.809. The molecule has 0 aromatic rings. The molecule has 1 amide bonds. The van der Waals surface area contributed by atoms with Crippen molar-refractivity contribution < 1.29 is 19.4 Å². The lowest BCUT2D eigenvalue weighted by Gasteiger charge is -2.42. The number of aliphatic hydroxyl groups excluding tert-OH is 1. The van der Waals surface area contributed by atoms with Crippen LogP contribution in [0.1, 0.15) is 52.4 Å². The van der Waals surface area contributed by atoms with Gasteiger partial charge in [-0.3, -0.25) is 4.79 Å². The van der Waals surface area contributed by atoms with Crippen LogP contribution in [-0.2, 0) is 14.3 Å². The van der Waals surface area contributed by atoms with Gasteiger partial charge >= 0.3 is 0 Å². The fraction of sp³-hybridized carbons (Fsp3) is 0.944. The molecule has 3 atom stereocenters. The lowest BCUT2D eigenvalue weighted by atomic mass is 9.81. The predicted octanol–water partition coefficient (Wildman–Crippen LogP) is 1.97. The number of nitrogens with zero attached hydrogens (tertiary/aromatic N) is 1. The van der Waals surface area contributed by atoms with E-state index in [0.29, 0.717) is 45.1 Å². The molecule has 2 saturated heterocycles. The summed E-state index contributed by atoms with van der Waals surface area (Å²) in [5, 5.41) is 10.4. The SMILES string of the molecule is CC(C)OC1(C(=O)N2CC[C@@H](O)[C@H](C3CCCC3)C2)CCOC1. The van der Waals surface area contributed by atoms with Crippen LogP contribution in [-0.4, -0.2) is 60.0 Å². The molecule has 5 heteroatoms. The Morgan fingerprint density at radius 2 is 2.04 bits per heavy atom. The van der Waals surface area contributed by atoms with Crippen molar-refractivity contribution in [2.24, 2.45) is 11.8 Å². The van der Waals surface area contributed by atoms with Crippen LogP contribution in [0.5, 0.6) is 0 Å². The van der Waals surface area contributed by atoms with Crippen LogP contribution in [0.2, 0.25) is 0 Å². The van der Waals surface area contributed by atoms with Gasteiger partial charge < -0.3 is 19.5 Å². The molecule has 0 radical (unpaired) electrons. The third-order valence-electron chi connectivity index (χ3n) is 5.75. The van der Waals surface area contributed by atoms with E-state index < -0.39 is 5.60 Å². The molecule has 0 bridgehead atoms. The number of likely N-dealkylation sites (tertiary alicyclic amines) is 1. The summed E-state index contributed by atoms with van der Waals surface area (Å²) in [5.74, 6) is 0.870. The number of carbonyl (C=O) groups excluding carboxylic acids is 1. The summed E-state index contributed by atoms with van der Waals surface area (Å²) in [6.07, 6.45) is 5.97. The van der Waals surface area contributed by atoms with Crippen molar-refractivity contribution in [1.29, 1.82) is 0 Å². The van der Waals surface area contributed by atoms with Crippen molar-refractivity contribution in [3.8, 4) is 0 Å². The highest BCUT2D eigenvalue weighted by atomic mass is 16.6. The largest absolute Gasteiger partial charge is 0.393 e. The zero-order valence-corrected chi connectivity index (χ0v) is 14.5. The molecule has 3 fully saturated rings. The summed E-state index contributed by atoms with van der Waals surface area (Å²) in [7, 11) is 0. The van der Waals surface area contributed by atoms with Crippen LogP contribution < -0.4 is 0 Å². The maximum atomic E-state index is 13.2. The predicted molar refractivity (Wildman–Crippen MR) is 87.0 cm³/mol. The van der Waals surface area contributed by atoms with Gasteiger partial charge in [0.05, 0.1) is 25.4 Å². The van der Waals surface area contributed by atoms with Crippen LogP contribution in [0, 0.1) is 11.8 Å². The van der Waals surface area contributed by atoms with Gasteiger partial charge in [0.15, 0.2) is 5.60 Å². The summed E-state index contributed by atoms with van der Waals surface area (Å²) in [5.41, 5.74) is -0.809. The van der Waals surface area contributed by atoms with E-state index in [0.717, 1.165) is 0 Å². The van der Waals surface area contributed by atoms with Crippen molar-refractivity contribution in [3.63, 3.8) is 0 Å². The van der Waals surface area contributed by atoms with E-state index in [2.05, 4.69) is 0 Å². The first kappa shape index (κ1) is 17.2. The van der Waals surface area contributed by atoms with Gasteiger partial charge in [-0.05, 0) is 26.2 Å². The molecule has 5 nitrogen and oxygen atoms in total. The van der Waals surface area contributed by atoms with Crippen molar-refractivity contribution in [1.82, 2.24) is 4.90 Å². The molecule has 2 heterocycles. The monoisotopic (exact) mass is 325 g/mol. The number of aliphatic hydroxyl groups is 1. The summed E-state index contributed by atoms with van der Waals surface area (Å²) in [6.45, 7) is 6.18. The molecule has 23 heavy (non-hydrogen) atoms. The maximum absolute atomic E-state index is 13.2. The maximum Gasteiger partial charge on any atom is 0.257 e. The second-order valence-electron chi connectivity index (χ2n) is 7.78. The number of hydrogen-bond acceptors (Lipinski definition) is 4. The highest BCUT2D eigenvalue weighted by Crippen LogP contribution is 2.37. The number of ether oxygens (including phenoxy) is 2. The Morgan fingerprint density at radius 3 is 2.65 bits per heavy atom. The quantitative estimate of drug-likeness (QED) is 0.858. The molecule has 1 N–H and O–H groups in total. The first-order valence-electron chi connectivity index (χ1n) is 9.25. The molecule has 1 unspecified atom stereocenters. The number of hydrogen-bond donors (Lipinski definition) is 1. The molecule has 3 aliphatic rings. The van der Waals surface area contributed by atoms with Gasteiger partial charge in [-0.25, -0.2) is 0 Å². The van der Waals surface area contributed by atoms with Crippen LogP contribution in [0.4, 0.5) is 0 Å². The highest BCUT2D eigenvalue weighted by molar-refractivity contribution is 5.86. The lowest BCUT2D eigenvalue weighted by Crippen LogP contribution is -2.57. The van der Waals surface area contributed by atoms with E-state index >= 15 is 0 Å². The van der Waals surface area contributed by atoms with E-state index in [1.165, 1.54) is 25.7 Å². The van der Waals surface area contributed by atoms with Gasteiger partial charge in [0, 0.05) is 25.4 Å². The Morgan fingerprint density at radius 1 is 1.30 bits per heavy atom. The average Bonchev–Trinajstić information content (AvgIpc) is 3.18. The van der Waals surface area contributed by atoms with Gasteiger partial charge in [-0.1, -0.05) is 25.7 Å². The molecular formula is C18H31NO4. The summed E-state index contributed by atoms with van der Waals surface area (Å²) in [4.78, 5) is 15.1. The molecule has 2 aliphatic heterocycles. The van der Waals surface area contributed by atoms with Gasteiger partial charge in [0.25, 0.3) is 5.91 Å². The summed E-state index contributed by atoms with van der Waals surface area (Å²) >= 11 is 0. The average molecular weight is 325 g/mol. The Hall–Kier alpha value is -0.650. The van der Waals surface area contributed by atoms with E-state index in [1.807, 2.05) is 18.7 Å². The van der Waals surface area contributed by atoms with Gasteiger partial charge in [-0.2, -0.15) is 0 Å². The Labute approximate surface area is 139 Å². The molecule has 1 aliphatic carbocycles. The Bertz CT molecular complexity index is 413. The minimum Gasteiger partial charge on any atom is -0.393 e. The van der Waals surface area contributed by atoms with E-state index in [1.54, 1.807) is 0 Å². The first-order chi connectivity index (χ1) is 11.0.